The molecule has 0 unspecified atom stereocenters. The van der Waals surface area contributed by atoms with Crippen molar-refractivity contribution in [3.63, 3.8) is 0 Å². The number of hydrogen-bond acceptors (Lipinski definition) is 4. The molecule has 0 saturated carbocycles. The lowest BCUT2D eigenvalue weighted by molar-refractivity contribution is 1.44. The van der Waals surface area contributed by atoms with E-state index in [1.165, 1.54) is 27.5 Å². The fourth-order valence-electron chi connectivity index (χ4n) is 1.95. The summed E-state index contributed by atoms with van der Waals surface area (Å²) in [6, 6.07) is 2.12. The van der Waals surface area contributed by atoms with E-state index >= 15 is 0 Å². The molecule has 0 fully saturated rings. The van der Waals surface area contributed by atoms with Crippen molar-refractivity contribution in [1.82, 2.24) is 0 Å². The molecule has 3 rings (SSSR count). The van der Waals surface area contributed by atoms with Crippen molar-refractivity contribution in [2.24, 2.45) is 0 Å². The van der Waals surface area contributed by atoms with Gasteiger partial charge in [0.1, 0.15) is 0 Å². The van der Waals surface area contributed by atoms with E-state index in [-0.39, 0.29) is 0 Å². The summed E-state index contributed by atoms with van der Waals surface area (Å²) in [7, 11) is 0. The maximum Gasteiger partial charge on any atom is 0.0865 e. The quantitative estimate of drug-likeness (QED) is 0.827. The summed E-state index contributed by atoms with van der Waals surface area (Å²) in [4.78, 5) is 2.89. The van der Waals surface area contributed by atoms with Crippen LogP contribution in [0.25, 0.3) is 11.1 Å². The van der Waals surface area contributed by atoms with Gasteiger partial charge in [-0.15, -0.1) is 22.7 Å². The lowest BCUT2D eigenvalue weighted by Gasteiger charge is -1.99. The molecule has 0 atom stereocenters. The van der Waals surface area contributed by atoms with E-state index in [9.17, 15) is 0 Å². The second-order valence-corrected chi connectivity index (χ2v) is 6.90. The molecule has 0 radical (unpaired) electrons. The molecule has 0 spiro atoms. The molecule has 1 aliphatic heterocycles. The van der Waals surface area contributed by atoms with Gasteiger partial charge in [-0.25, -0.2) is 0 Å². The second kappa shape index (κ2) is 3.54. The molecule has 78 valence electrons. The maximum absolute atomic E-state index is 5.85. The SMILES string of the molecule is Cc1sc(N)cc1-c1csc2c1CSC2. The fourth-order valence-corrected chi connectivity index (χ4v) is 5.22. The van der Waals surface area contributed by atoms with Crippen LogP contribution in [-0.4, -0.2) is 0 Å². The Morgan fingerprint density at radius 2 is 2.13 bits per heavy atom. The number of nitrogen functional groups attached to an aromatic ring is 1. The van der Waals surface area contributed by atoms with Gasteiger partial charge in [-0.05, 0) is 35.1 Å². The molecule has 0 aromatic carbocycles. The van der Waals surface area contributed by atoms with Crippen molar-refractivity contribution in [3.8, 4) is 11.1 Å². The zero-order chi connectivity index (χ0) is 10.4. The Morgan fingerprint density at radius 3 is 2.87 bits per heavy atom. The van der Waals surface area contributed by atoms with Crippen LogP contribution < -0.4 is 5.73 Å². The molecule has 1 nitrogen and oxygen atoms in total. The standard InChI is InChI=1S/C11H11NS3/c1-6-7(2-11(12)15-6)8-4-14-10-5-13-3-9(8)10/h2,4H,3,5,12H2,1H3. The Balaban J connectivity index is 2.16. The van der Waals surface area contributed by atoms with Gasteiger partial charge in [-0.2, -0.15) is 11.8 Å². The first kappa shape index (κ1) is 9.75. The normalized spacial score (nSPS) is 14.5. The number of fused-ring (bicyclic) bond motifs is 1. The van der Waals surface area contributed by atoms with Crippen LogP contribution in [0, 0.1) is 6.92 Å². The van der Waals surface area contributed by atoms with Crippen LogP contribution in [0.15, 0.2) is 11.4 Å². The summed E-state index contributed by atoms with van der Waals surface area (Å²) < 4.78 is 0. The molecule has 0 bridgehead atoms. The van der Waals surface area contributed by atoms with E-state index in [4.69, 9.17) is 5.73 Å². The highest BCUT2D eigenvalue weighted by Gasteiger charge is 2.20. The van der Waals surface area contributed by atoms with Gasteiger partial charge in [0.05, 0.1) is 5.00 Å². The molecular weight excluding hydrogens is 242 g/mol. The molecule has 0 saturated heterocycles. The summed E-state index contributed by atoms with van der Waals surface area (Å²) >= 11 is 5.60. The van der Waals surface area contributed by atoms with Gasteiger partial charge in [-0.3, -0.25) is 0 Å². The van der Waals surface area contributed by atoms with Crippen LogP contribution >= 0.6 is 34.4 Å². The van der Waals surface area contributed by atoms with Gasteiger partial charge >= 0.3 is 0 Å². The van der Waals surface area contributed by atoms with Crippen LogP contribution in [-0.2, 0) is 11.5 Å². The molecule has 2 N–H and O–H groups in total. The number of nitrogens with two attached hydrogens (primary N) is 1. The Hall–Kier alpha value is -0.450. The van der Waals surface area contributed by atoms with Crippen molar-refractivity contribution in [1.29, 1.82) is 0 Å². The van der Waals surface area contributed by atoms with Gasteiger partial charge in [0.15, 0.2) is 0 Å². The van der Waals surface area contributed by atoms with Crippen LogP contribution in [0.4, 0.5) is 5.00 Å². The number of thiophene rings is 2. The second-order valence-electron chi connectivity index (χ2n) is 3.66. The summed E-state index contributed by atoms with van der Waals surface area (Å²) in [5.41, 5.74) is 10.2. The molecule has 1 aliphatic rings. The third-order valence-electron chi connectivity index (χ3n) is 2.69. The van der Waals surface area contributed by atoms with E-state index < -0.39 is 0 Å². The largest absolute Gasteiger partial charge is 0.391 e. The van der Waals surface area contributed by atoms with Crippen LogP contribution in [0.1, 0.15) is 15.3 Å². The Kier molecular flexibility index (Phi) is 2.30. The lowest BCUT2D eigenvalue weighted by atomic mass is 10.1. The van der Waals surface area contributed by atoms with Gasteiger partial charge < -0.3 is 5.73 Å². The van der Waals surface area contributed by atoms with E-state index in [0.717, 1.165) is 5.00 Å². The summed E-state index contributed by atoms with van der Waals surface area (Å²) in [6.45, 7) is 2.16. The average molecular weight is 253 g/mol. The number of aryl methyl sites for hydroxylation is 1. The first-order valence-electron chi connectivity index (χ1n) is 4.79. The Bertz CT molecular complexity index is 510. The number of thioether (sulfide) groups is 1. The smallest absolute Gasteiger partial charge is 0.0865 e. The summed E-state index contributed by atoms with van der Waals surface area (Å²) in [5.74, 6) is 2.36. The average Bonchev–Trinajstić information content (AvgIpc) is 2.80. The van der Waals surface area contributed by atoms with Gasteiger partial charge in [0, 0.05) is 21.3 Å². The predicted molar refractivity (Wildman–Crippen MR) is 71.8 cm³/mol. The van der Waals surface area contributed by atoms with Crippen LogP contribution in [0.3, 0.4) is 0 Å². The van der Waals surface area contributed by atoms with Crippen molar-refractivity contribution in [2.45, 2.75) is 18.4 Å². The third-order valence-corrected chi connectivity index (χ3v) is 5.76. The van der Waals surface area contributed by atoms with Crippen molar-refractivity contribution in [2.75, 3.05) is 5.73 Å². The highest BCUT2D eigenvalue weighted by Crippen LogP contribution is 2.44. The van der Waals surface area contributed by atoms with Crippen LogP contribution in [0.2, 0.25) is 0 Å². The minimum atomic E-state index is 0.924. The summed E-state index contributed by atoms with van der Waals surface area (Å²) in [6.07, 6.45) is 0. The zero-order valence-electron chi connectivity index (χ0n) is 8.37. The third kappa shape index (κ3) is 1.51. The molecule has 2 aromatic heterocycles. The first-order valence-corrected chi connectivity index (χ1v) is 7.64. The van der Waals surface area contributed by atoms with E-state index in [0.29, 0.717) is 0 Å². The Labute approximate surface area is 101 Å². The predicted octanol–water partition coefficient (Wildman–Crippen LogP) is 4.11. The van der Waals surface area contributed by atoms with Crippen molar-refractivity contribution in [3.05, 3.63) is 26.8 Å². The van der Waals surface area contributed by atoms with Gasteiger partial charge in [-0.1, -0.05) is 0 Å². The Morgan fingerprint density at radius 1 is 1.27 bits per heavy atom. The molecule has 2 aromatic rings. The van der Waals surface area contributed by atoms with Gasteiger partial charge in [0.25, 0.3) is 0 Å². The maximum atomic E-state index is 5.85. The molecule has 0 amide bonds. The number of hydrogen-bond donors (Lipinski definition) is 1. The summed E-state index contributed by atoms with van der Waals surface area (Å²) in [5, 5.41) is 3.21. The monoisotopic (exact) mass is 253 g/mol. The van der Waals surface area contributed by atoms with Gasteiger partial charge in [0.2, 0.25) is 0 Å². The zero-order valence-corrected chi connectivity index (χ0v) is 10.8. The minimum absolute atomic E-state index is 0.924. The molecule has 15 heavy (non-hydrogen) atoms. The van der Waals surface area contributed by atoms with Crippen molar-refractivity contribution >= 4 is 39.4 Å². The number of anilines is 1. The minimum Gasteiger partial charge on any atom is -0.391 e. The highest BCUT2D eigenvalue weighted by atomic mass is 32.2. The topological polar surface area (TPSA) is 26.0 Å². The fraction of sp³-hybridized carbons (Fsp3) is 0.273. The van der Waals surface area contributed by atoms with Crippen molar-refractivity contribution < 1.29 is 0 Å². The molecular formula is C11H11NS3. The molecule has 4 heteroatoms. The lowest BCUT2D eigenvalue weighted by Crippen LogP contribution is -1.80. The van der Waals surface area contributed by atoms with E-state index in [1.54, 1.807) is 21.8 Å². The van der Waals surface area contributed by atoms with Crippen LogP contribution in [0.5, 0.6) is 0 Å². The number of rotatable bonds is 1. The van der Waals surface area contributed by atoms with E-state index in [2.05, 4.69) is 18.4 Å². The first-order chi connectivity index (χ1) is 7.25. The van der Waals surface area contributed by atoms with E-state index in [1.807, 2.05) is 23.1 Å². The highest BCUT2D eigenvalue weighted by molar-refractivity contribution is 7.98. The molecule has 3 heterocycles. The molecule has 0 aliphatic carbocycles.